The lowest BCUT2D eigenvalue weighted by atomic mass is 10.2. The van der Waals surface area contributed by atoms with Crippen LogP contribution in [0.3, 0.4) is 0 Å². The van der Waals surface area contributed by atoms with E-state index in [2.05, 4.69) is 11.0 Å². The first-order valence-corrected chi connectivity index (χ1v) is 12.6. The maximum atomic E-state index is 13.2. The molecule has 10 heteroatoms. The minimum atomic E-state index is -0.447. The summed E-state index contributed by atoms with van der Waals surface area (Å²) in [4.78, 5) is 33.6. The average Bonchev–Trinajstić information content (AvgIpc) is 3.26. The lowest BCUT2D eigenvalue weighted by Crippen LogP contribution is -2.42. The van der Waals surface area contributed by atoms with Gasteiger partial charge in [0, 0.05) is 49.3 Å². The molecule has 2 aromatic carbocycles. The van der Waals surface area contributed by atoms with Crippen LogP contribution in [-0.2, 0) is 9.53 Å². The summed E-state index contributed by atoms with van der Waals surface area (Å²) in [7, 11) is 0. The van der Waals surface area contributed by atoms with Crippen molar-refractivity contribution in [2.45, 2.75) is 4.90 Å². The molecule has 172 valence electrons. The highest BCUT2D eigenvalue weighted by molar-refractivity contribution is 7.98. The second-order valence-corrected chi connectivity index (χ2v) is 9.35. The molecule has 8 nitrogen and oxygen atoms in total. The molecule has 0 saturated carbocycles. The van der Waals surface area contributed by atoms with E-state index in [0.717, 1.165) is 28.2 Å². The minimum absolute atomic E-state index is 0.00968. The van der Waals surface area contributed by atoms with Crippen LogP contribution >= 0.6 is 23.1 Å². The summed E-state index contributed by atoms with van der Waals surface area (Å²) in [6.45, 7) is 4.27. The molecular formula is C23H24N4O4S2. The fourth-order valence-corrected chi connectivity index (χ4v) is 5.05. The van der Waals surface area contributed by atoms with Crippen LogP contribution in [0.5, 0.6) is 0 Å². The van der Waals surface area contributed by atoms with Crippen LogP contribution < -0.4 is 4.90 Å². The zero-order valence-corrected chi connectivity index (χ0v) is 19.8. The summed E-state index contributed by atoms with van der Waals surface area (Å²) in [6, 6.07) is 12.3. The smallest absolute Gasteiger partial charge is 0.270 e. The van der Waals surface area contributed by atoms with Crippen molar-refractivity contribution >= 4 is 56.1 Å². The van der Waals surface area contributed by atoms with Crippen LogP contribution in [0, 0.1) is 10.1 Å². The zero-order valence-electron chi connectivity index (χ0n) is 18.2. The molecular weight excluding hydrogens is 460 g/mol. The molecule has 0 spiro atoms. The van der Waals surface area contributed by atoms with Crippen LogP contribution in [0.4, 0.5) is 10.8 Å². The monoisotopic (exact) mass is 484 g/mol. The highest BCUT2D eigenvalue weighted by Gasteiger charge is 2.20. The number of hydrogen-bond donors (Lipinski definition) is 0. The summed E-state index contributed by atoms with van der Waals surface area (Å²) in [5, 5.41) is 11.7. The third-order valence-corrected chi connectivity index (χ3v) is 7.09. The van der Waals surface area contributed by atoms with E-state index in [4.69, 9.17) is 9.72 Å². The van der Waals surface area contributed by atoms with Crippen molar-refractivity contribution < 1.29 is 14.5 Å². The number of nitro groups is 1. The molecule has 0 radical (unpaired) electrons. The number of hydrogen-bond acceptors (Lipinski definition) is 8. The third-order valence-electron chi connectivity index (χ3n) is 5.32. The Morgan fingerprint density at radius 3 is 2.88 bits per heavy atom. The van der Waals surface area contributed by atoms with Gasteiger partial charge in [-0.25, -0.2) is 4.98 Å². The van der Waals surface area contributed by atoms with Gasteiger partial charge in [0.15, 0.2) is 5.13 Å². The number of carbonyl (C=O) groups is 1. The van der Waals surface area contributed by atoms with Gasteiger partial charge < -0.3 is 4.74 Å². The molecule has 1 aromatic heterocycles. The number of thioether (sulfide) groups is 1. The standard InChI is InChI=1S/C23H24N4O4S2/c1-32-19-6-7-20-21(16-19)33-23(24-20)26(10-9-25-11-13-31-14-12-25)22(28)8-5-17-3-2-4-18(15-17)27(29)30/h2-8,15-16H,9-14H2,1H3/b8-5+. The van der Waals surface area contributed by atoms with Crippen LogP contribution in [0.25, 0.3) is 16.3 Å². The van der Waals surface area contributed by atoms with Gasteiger partial charge in [-0.05, 0) is 36.1 Å². The molecule has 1 saturated heterocycles. The van der Waals surface area contributed by atoms with E-state index in [1.165, 1.54) is 29.5 Å². The van der Waals surface area contributed by atoms with Crippen molar-refractivity contribution in [3.63, 3.8) is 0 Å². The Morgan fingerprint density at radius 2 is 2.12 bits per heavy atom. The van der Waals surface area contributed by atoms with Crippen LogP contribution in [-0.4, -0.2) is 66.4 Å². The predicted octanol–water partition coefficient (Wildman–Crippen LogP) is 4.31. The number of nitro benzene ring substituents is 1. The van der Waals surface area contributed by atoms with E-state index >= 15 is 0 Å². The topological polar surface area (TPSA) is 88.8 Å². The fourth-order valence-electron chi connectivity index (χ4n) is 3.50. The van der Waals surface area contributed by atoms with Gasteiger partial charge in [0.25, 0.3) is 11.6 Å². The van der Waals surface area contributed by atoms with E-state index in [1.54, 1.807) is 34.9 Å². The van der Waals surface area contributed by atoms with Gasteiger partial charge >= 0.3 is 0 Å². The fraction of sp³-hybridized carbons (Fsp3) is 0.304. The SMILES string of the molecule is CSc1ccc2nc(N(CCN3CCOCC3)C(=O)/C=C/c3cccc([N+](=O)[O-])c3)sc2c1. The van der Waals surface area contributed by atoms with Crippen molar-refractivity contribution in [1.29, 1.82) is 0 Å². The molecule has 0 bridgehead atoms. The summed E-state index contributed by atoms with van der Waals surface area (Å²) < 4.78 is 6.45. The van der Waals surface area contributed by atoms with Crippen molar-refractivity contribution in [3.05, 3.63) is 64.2 Å². The van der Waals surface area contributed by atoms with Gasteiger partial charge in [0.05, 0.1) is 28.4 Å². The van der Waals surface area contributed by atoms with Crippen molar-refractivity contribution in [1.82, 2.24) is 9.88 Å². The van der Waals surface area contributed by atoms with Gasteiger partial charge in [0.2, 0.25) is 0 Å². The van der Waals surface area contributed by atoms with E-state index < -0.39 is 4.92 Å². The first-order chi connectivity index (χ1) is 16.0. The Kier molecular flexibility index (Phi) is 7.71. The Hall–Kier alpha value is -2.79. The normalized spacial score (nSPS) is 14.7. The maximum absolute atomic E-state index is 13.2. The van der Waals surface area contributed by atoms with Gasteiger partial charge in [-0.1, -0.05) is 23.5 Å². The Labute approximate surface area is 200 Å². The molecule has 4 rings (SSSR count). The number of aromatic nitrogens is 1. The minimum Gasteiger partial charge on any atom is -0.379 e. The molecule has 1 fully saturated rings. The number of fused-ring (bicyclic) bond motifs is 1. The van der Waals surface area contributed by atoms with Crippen molar-refractivity contribution in [2.75, 3.05) is 50.5 Å². The molecule has 0 N–H and O–H groups in total. The number of anilines is 1. The molecule has 0 unspecified atom stereocenters. The van der Waals surface area contributed by atoms with Crippen LogP contribution in [0.15, 0.2) is 53.4 Å². The number of benzene rings is 2. The number of carbonyl (C=O) groups excluding carboxylic acids is 1. The Bertz CT molecular complexity index is 1170. The zero-order chi connectivity index (χ0) is 23.2. The lowest BCUT2D eigenvalue weighted by molar-refractivity contribution is -0.384. The highest BCUT2D eigenvalue weighted by atomic mass is 32.2. The number of amides is 1. The molecule has 2 heterocycles. The summed E-state index contributed by atoms with van der Waals surface area (Å²) in [6.07, 6.45) is 5.09. The Morgan fingerprint density at radius 1 is 1.30 bits per heavy atom. The molecule has 33 heavy (non-hydrogen) atoms. The first-order valence-electron chi connectivity index (χ1n) is 10.5. The third kappa shape index (κ3) is 5.97. The van der Waals surface area contributed by atoms with E-state index in [9.17, 15) is 14.9 Å². The quantitative estimate of drug-likeness (QED) is 0.204. The van der Waals surface area contributed by atoms with E-state index in [-0.39, 0.29) is 11.6 Å². The van der Waals surface area contributed by atoms with Gasteiger partial charge in [-0.2, -0.15) is 0 Å². The van der Waals surface area contributed by atoms with E-state index in [0.29, 0.717) is 37.0 Å². The lowest BCUT2D eigenvalue weighted by Gasteiger charge is -2.28. The summed E-state index contributed by atoms with van der Waals surface area (Å²) in [5.41, 5.74) is 1.45. The number of nitrogens with zero attached hydrogens (tertiary/aromatic N) is 4. The second kappa shape index (κ2) is 10.9. The van der Waals surface area contributed by atoms with E-state index in [1.807, 2.05) is 18.4 Å². The molecule has 3 aromatic rings. The van der Waals surface area contributed by atoms with Gasteiger partial charge in [0.1, 0.15) is 0 Å². The average molecular weight is 485 g/mol. The summed E-state index contributed by atoms with van der Waals surface area (Å²) >= 11 is 3.16. The van der Waals surface area contributed by atoms with Crippen molar-refractivity contribution in [3.8, 4) is 0 Å². The van der Waals surface area contributed by atoms with Crippen molar-refractivity contribution in [2.24, 2.45) is 0 Å². The van der Waals surface area contributed by atoms with Crippen LogP contribution in [0.2, 0.25) is 0 Å². The van der Waals surface area contributed by atoms with Crippen LogP contribution in [0.1, 0.15) is 5.56 Å². The number of thiazole rings is 1. The molecule has 1 aliphatic heterocycles. The molecule has 1 amide bonds. The second-order valence-electron chi connectivity index (χ2n) is 7.46. The van der Waals surface area contributed by atoms with Gasteiger partial charge in [-0.3, -0.25) is 24.7 Å². The number of non-ortho nitro benzene ring substituents is 1. The summed E-state index contributed by atoms with van der Waals surface area (Å²) in [5.74, 6) is -0.209. The maximum Gasteiger partial charge on any atom is 0.270 e. The Balaban J connectivity index is 1.58. The number of rotatable bonds is 8. The first kappa shape index (κ1) is 23.4. The predicted molar refractivity (Wildman–Crippen MR) is 133 cm³/mol. The number of ether oxygens (including phenoxy) is 1. The highest BCUT2D eigenvalue weighted by Crippen LogP contribution is 2.32. The number of morpholine rings is 1. The largest absolute Gasteiger partial charge is 0.379 e. The molecule has 0 aliphatic carbocycles. The van der Waals surface area contributed by atoms with Gasteiger partial charge in [-0.15, -0.1) is 11.8 Å². The molecule has 1 aliphatic rings. The molecule has 0 atom stereocenters.